The molecule has 0 aromatic heterocycles. The van der Waals surface area contributed by atoms with Gasteiger partial charge in [-0.15, -0.1) is 0 Å². The van der Waals surface area contributed by atoms with Gasteiger partial charge in [0.2, 0.25) is 0 Å². The van der Waals surface area contributed by atoms with Crippen molar-refractivity contribution in [3.63, 3.8) is 0 Å². The molecule has 0 radical (unpaired) electrons. The lowest BCUT2D eigenvalue weighted by Gasteiger charge is -2.19. The zero-order valence-corrected chi connectivity index (χ0v) is 20.7. The summed E-state index contributed by atoms with van der Waals surface area (Å²) in [5.74, 6) is 0.193. The third-order valence-electron chi connectivity index (χ3n) is 5.99. The summed E-state index contributed by atoms with van der Waals surface area (Å²) in [7, 11) is 1.52. The van der Waals surface area contributed by atoms with Crippen molar-refractivity contribution in [1.29, 1.82) is 0 Å². The minimum Gasteiger partial charge on any atom is -0.491 e. The summed E-state index contributed by atoms with van der Waals surface area (Å²) in [6, 6.07) is 4.76. The summed E-state index contributed by atoms with van der Waals surface area (Å²) in [6.45, 7) is 3.73. The monoisotopic (exact) mass is 498 g/mol. The number of aliphatic hydroxyl groups is 1. The van der Waals surface area contributed by atoms with E-state index in [9.17, 15) is 23.1 Å². The first-order valence-corrected chi connectivity index (χ1v) is 12.1. The molecule has 1 aliphatic carbocycles. The maximum Gasteiger partial charge on any atom is 0.416 e. The van der Waals surface area contributed by atoms with Crippen LogP contribution in [0.1, 0.15) is 57.9 Å². The highest BCUT2D eigenvalue weighted by molar-refractivity contribution is 5.69. The fourth-order valence-electron chi connectivity index (χ4n) is 4.11. The van der Waals surface area contributed by atoms with Gasteiger partial charge < -0.3 is 19.3 Å². The maximum atomic E-state index is 12.9. The van der Waals surface area contributed by atoms with E-state index in [-0.39, 0.29) is 36.3 Å². The number of hydrogen-bond acceptors (Lipinski definition) is 5. The number of esters is 1. The highest BCUT2D eigenvalue weighted by atomic mass is 19.4. The lowest BCUT2D eigenvalue weighted by molar-refractivity contribution is -0.147. The number of unbranched alkanes of at least 4 members (excludes halogenated alkanes) is 1. The summed E-state index contributed by atoms with van der Waals surface area (Å²) in [6.07, 6.45) is 6.79. The van der Waals surface area contributed by atoms with E-state index >= 15 is 0 Å². The van der Waals surface area contributed by atoms with Crippen molar-refractivity contribution in [2.75, 3.05) is 13.7 Å². The average molecular weight is 499 g/mol. The van der Waals surface area contributed by atoms with Crippen LogP contribution in [-0.4, -0.2) is 43.1 Å². The van der Waals surface area contributed by atoms with Crippen LogP contribution in [-0.2, 0) is 20.4 Å². The van der Waals surface area contributed by atoms with E-state index in [0.717, 1.165) is 37.8 Å². The summed E-state index contributed by atoms with van der Waals surface area (Å²) in [5.41, 5.74) is -0.758. The van der Waals surface area contributed by atoms with E-state index in [0.29, 0.717) is 12.8 Å². The van der Waals surface area contributed by atoms with Gasteiger partial charge in [-0.1, -0.05) is 30.4 Å². The van der Waals surface area contributed by atoms with E-state index in [1.54, 1.807) is 0 Å². The molecular weight excluding hydrogens is 461 g/mol. The first-order chi connectivity index (χ1) is 16.6. The van der Waals surface area contributed by atoms with E-state index in [2.05, 4.69) is 6.08 Å². The zero-order chi connectivity index (χ0) is 25.8. The largest absolute Gasteiger partial charge is 0.491 e. The minimum absolute atomic E-state index is 0.0768. The van der Waals surface area contributed by atoms with Crippen LogP contribution >= 0.6 is 0 Å². The maximum absolute atomic E-state index is 12.9. The number of methoxy groups -OCH3 is 1. The number of allylic oxidation sites excluding steroid dienone is 3. The van der Waals surface area contributed by atoms with E-state index in [1.807, 2.05) is 32.1 Å². The van der Waals surface area contributed by atoms with Crippen LogP contribution in [0.2, 0.25) is 0 Å². The molecule has 1 aliphatic rings. The average Bonchev–Trinajstić information content (AvgIpc) is 3.14. The van der Waals surface area contributed by atoms with Crippen molar-refractivity contribution in [1.82, 2.24) is 0 Å². The van der Waals surface area contributed by atoms with Crippen molar-refractivity contribution >= 4 is 5.97 Å². The fraction of sp³-hybridized carbons (Fsp3) is 0.593. The molecule has 2 rings (SSSR count). The molecule has 4 unspecified atom stereocenters. The van der Waals surface area contributed by atoms with Crippen LogP contribution < -0.4 is 4.74 Å². The first kappa shape index (κ1) is 28.9. The molecule has 8 heteroatoms. The second kappa shape index (κ2) is 14.3. The van der Waals surface area contributed by atoms with Crippen LogP contribution in [0.4, 0.5) is 13.2 Å². The Labute approximate surface area is 206 Å². The van der Waals surface area contributed by atoms with Gasteiger partial charge in [-0.05, 0) is 76.0 Å². The quantitative estimate of drug-likeness (QED) is 0.202. The summed E-state index contributed by atoms with van der Waals surface area (Å²) >= 11 is 0. The van der Waals surface area contributed by atoms with Gasteiger partial charge in [0.1, 0.15) is 18.5 Å². The van der Waals surface area contributed by atoms with Gasteiger partial charge in [0, 0.05) is 13.5 Å². The lowest BCUT2D eigenvalue weighted by Crippen LogP contribution is -2.20. The molecular formula is C27H37F3O5. The highest BCUT2D eigenvalue weighted by Gasteiger charge is 2.32. The minimum atomic E-state index is -4.42. The first-order valence-electron chi connectivity index (χ1n) is 12.1. The number of alkyl halides is 3. The number of benzene rings is 1. The molecule has 1 saturated carbocycles. The van der Waals surface area contributed by atoms with Crippen molar-refractivity contribution in [3.05, 3.63) is 54.1 Å². The van der Waals surface area contributed by atoms with Crippen LogP contribution in [0.5, 0.6) is 5.75 Å². The number of carbonyl (C=O) groups is 1. The Balaban J connectivity index is 1.82. The molecule has 1 aromatic carbocycles. The van der Waals surface area contributed by atoms with Gasteiger partial charge in [0.05, 0.1) is 17.8 Å². The van der Waals surface area contributed by atoms with E-state index in [1.165, 1.54) is 19.2 Å². The molecule has 1 N–H and O–H groups in total. The van der Waals surface area contributed by atoms with Gasteiger partial charge in [-0.3, -0.25) is 4.79 Å². The lowest BCUT2D eigenvalue weighted by atomic mass is 9.90. The molecule has 0 saturated heterocycles. The van der Waals surface area contributed by atoms with Crippen molar-refractivity contribution in [2.45, 2.75) is 76.9 Å². The molecule has 0 amide bonds. The highest BCUT2D eigenvalue weighted by Crippen LogP contribution is 2.36. The Kier molecular flexibility index (Phi) is 11.8. The predicted molar refractivity (Wildman–Crippen MR) is 128 cm³/mol. The predicted octanol–water partition coefficient (Wildman–Crippen LogP) is 6.11. The van der Waals surface area contributed by atoms with Crippen molar-refractivity contribution in [3.8, 4) is 5.75 Å². The Hall–Kier alpha value is -2.32. The van der Waals surface area contributed by atoms with Gasteiger partial charge >= 0.3 is 12.1 Å². The van der Waals surface area contributed by atoms with Gasteiger partial charge in [0.15, 0.2) is 0 Å². The molecule has 1 aromatic rings. The normalized spacial score (nSPS) is 21.8. The molecule has 0 bridgehead atoms. The molecule has 0 aliphatic heterocycles. The SMILES string of the molecule is COC(C=CC1CCC(O)C1CC=CCCCC(=O)OC(C)C)COc1cccc(C(F)(F)F)c1. The molecule has 0 heterocycles. The molecule has 35 heavy (non-hydrogen) atoms. The fourth-order valence-corrected chi connectivity index (χ4v) is 4.11. The Morgan fingerprint density at radius 3 is 2.69 bits per heavy atom. The third-order valence-corrected chi connectivity index (χ3v) is 5.99. The summed E-state index contributed by atoms with van der Waals surface area (Å²) in [4.78, 5) is 11.6. The molecule has 0 spiro atoms. The number of carbonyl (C=O) groups excluding carboxylic acids is 1. The Morgan fingerprint density at radius 1 is 1.23 bits per heavy atom. The topological polar surface area (TPSA) is 65.0 Å². The van der Waals surface area contributed by atoms with Crippen molar-refractivity contribution in [2.24, 2.45) is 11.8 Å². The van der Waals surface area contributed by atoms with Crippen LogP contribution in [0.3, 0.4) is 0 Å². The van der Waals surface area contributed by atoms with E-state index in [4.69, 9.17) is 14.2 Å². The standard InChI is InChI=1S/C27H37F3O5/c1-19(2)35-26(32)12-7-5-4-6-11-24-20(14-16-25(24)31)13-15-23(33-3)18-34-22-10-8-9-21(17-22)27(28,29)30/h4,6,8-10,13,15,17,19-20,23-25,31H,5,7,11-12,14,16,18H2,1-3H3. The molecule has 1 fully saturated rings. The molecule has 5 nitrogen and oxygen atoms in total. The Morgan fingerprint density at radius 2 is 2.00 bits per heavy atom. The van der Waals surface area contributed by atoms with Crippen molar-refractivity contribution < 1.29 is 37.3 Å². The second-order valence-electron chi connectivity index (χ2n) is 9.11. The zero-order valence-electron chi connectivity index (χ0n) is 20.7. The number of halogens is 3. The molecule has 4 atom stereocenters. The number of aliphatic hydroxyl groups excluding tert-OH is 1. The number of hydrogen-bond donors (Lipinski definition) is 1. The van der Waals surface area contributed by atoms with Gasteiger partial charge in [-0.25, -0.2) is 0 Å². The Bertz CT molecular complexity index is 834. The van der Waals surface area contributed by atoms with Gasteiger partial charge in [-0.2, -0.15) is 13.2 Å². The molecule has 196 valence electrons. The second-order valence-corrected chi connectivity index (χ2v) is 9.11. The third kappa shape index (κ3) is 10.4. The van der Waals surface area contributed by atoms with Crippen LogP contribution in [0, 0.1) is 11.8 Å². The number of ether oxygens (including phenoxy) is 3. The summed E-state index contributed by atoms with van der Waals surface area (Å²) in [5, 5.41) is 10.4. The van der Waals surface area contributed by atoms with Crippen LogP contribution in [0.15, 0.2) is 48.6 Å². The van der Waals surface area contributed by atoms with Crippen LogP contribution in [0.25, 0.3) is 0 Å². The van der Waals surface area contributed by atoms with Gasteiger partial charge in [0.25, 0.3) is 0 Å². The smallest absolute Gasteiger partial charge is 0.416 e. The van der Waals surface area contributed by atoms with E-state index < -0.39 is 23.9 Å². The number of rotatable bonds is 13. The summed E-state index contributed by atoms with van der Waals surface area (Å²) < 4.78 is 54.7.